The minimum Gasteiger partial charge on any atom is -0.498 e. The third-order valence-electron chi connectivity index (χ3n) is 9.28. The number of hydrogen-bond donors (Lipinski definition) is 0. The Morgan fingerprint density at radius 3 is 2.71 bits per heavy atom. The van der Waals surface area contributed by atoms with Crippen LogP contribution in [0, 0.1) is 34.4 Å². The Hall–Kier alpha value is -1.90. The van der Waals surface area contributed by atoms with Crippen molar-refractivity contribution in [2.75, 3.05) is 6.61 Å². The second-order valence-electron chi connectivity index (χ2n) is 10.6. The fourth-order valence-corrected chi connectivity index (χ4v) is 7.77. The maximum absolute atomic E-state index is 13.9. The molecule has 0 aromatic carbocycles. The van der Waals surface area contributed by atoms with Crippen molar-refractivity contribution in [1.82, 2.24) is 4.98 Å². The highest BCUT2D eigenvalue weighted by atomic mass is 19.1. The highest BCUT2D eigenvalue weighted by Gasteiger charge is 2.57. The molecule has 31 heavy (non-hydrogen) atoms. The fourth-order valence-electron chi connectivity index (χ4n) is 7.77. The van der Waals surface area contributed by atoms with Crippen LogP contribution in [-0.2, 0) is 4.74 Å². The fraction of sp³-hybridized carbons (Fsp3) is 0.607. The molecule has 1 aromatic heterocycles. The number of nitrogens with zero attached hydrogens (tertiary/aromatic N) is 1. The smallest absolute Gasteiger partial charge is 0.142 e. The summed E-state index contributed by atoms with van der Waals surface area (Å²) in [6.45, 7) is 10.1. The summed E-state index contributed by atoms with van der Waals surface area (Å²) in [6, 6.07) is 1.68. The number of ether oxygens (including phenoxy) is 1. The summed E-state index contributed by atoms with van der Waals surface area (Å²) in [6.07, 6.45) is 16.2. The van der Waals surface area contributed by atoms with E-state index in [1.807, 2.05) is 6.20 Å². The lowest BCUT2D eigenvalue weighted by Crippen LogP contribution is -2.49. The van der Waals surface area contributed by atoms with E-state index in [2.05, 4.69) is 44.8 Å². The van der Waals surface area contributed by atoms with E-state index in [-0.39, 0.29) is 16.6 Å². The SMILES string of the molecule is CCOC1=CC2=C(CC)CC3C4CC=C(c5cncc(F)c5)C4(C)CCC3C2(C)CC1. The van der Waals surface area contributed by atoms with Gasteiger partial charge in [0.2, 0.25) is 0 Å². The van der Waals surface area contributed by atoms with Gasteiger partial charge in [-0.25, -0.2) is 4.39 Å². The third-order valence-corrected chi connectivity index (χ3v) is 9.28. The van der Waals surface area contributed by atoms with Gasteiger partial charge in [0.1, 0.15) is 5.82 Å². The first-order valence-corrected chi connectivity index (χ1v) is 12.3. The van der Waals surface area contributed by atoms with Crippen molar-refractivity contribution in [3.05, 3.63) is 58.9 Å². The van der Waals surface area contributed by atoms with Crippen LogP contribution in [0.2, 0.25) is 0 Å². The molecule has 4 aliphatic rings. The monoisotopic (exact) mass is 421 g/mol. The lowest BCUT2D eigenvalue weighted by atomic mass is 9.46. The topological polar surface area (TPSA) is 22.1 Å². The Kier molecular flexibility index (Phi) is 5.14. The van der Waals surface area contributed by atoms with Gasteiger partial charge in [0.05, 0.1) is 18.6 Å². The number of hydrogen-bond acceptors (Lipinski definition) is 2. The van der Waals surface area contributed by atoms with Crippen molar-refractivity contribution in [3.8, 4) is 0 Å². The molecule has 1 heterocycles. The van der Waals surface area contributed by atoms with Crippen LogP contribution >= 0.6 is 0 Å². The number of fused-ring (bicyclic) bond motifs is 5. The Morgan fingerprint density at radius 2 is 1.97 bits per heavy atom. The molecule has 3 heteroatoms. The van der Waals surface area contributed by atoms with E-state index < -0.39 is 0 Å². The second-order valence-corrected chi connectivity index (χ2v) is 10.6. The third kappa shape index (κ3) is 3.14. The van der Waals surface area contributed by atoms with E-state index in [1.54, 1.807) is 17.2 Å². The number of halogens is 1. The van der Waals surface area contributed by atoms with Crippen molar-refractivity contribution in [1.29, 1.82) is 0 Å². The van der Waals surface area contributed by atoms with E-state index in [4.69, 9.17) is 4.74 Å². The molecule has 166 valence electrons. The lowest BCUT2D eigenvalue weighted by molar-refractivity contribution is -0.00850. The summed E-state index contributed by atoms with van der Waals surface area (Å²) < 4.78 is 19.9. The number of rotatable bonds is 4. The molecule has 5 unspecified atom stereocenters. The molecule has 0 bridgehead atoms. The summed E-state index contributed by atoms with van der Waals surface area (Å²) in [4.78, 5) is 4.15. The van der Waals surface area contributed by atoms with Crippen LogP contribution in [0.5, 0.6) is 0 Å². The molecule has 0 saturated heterocycles. The van der Waals surface area contributed by atoms with Gasteiger partial charge >= 0.3 is 0 Å². The van der Waals surface area contributed by atoms with Gasteiger partial charge in [-0.15, -0.1) is 0 Å². The van der Waals surface area contributed by atoms with Crippen molar-refractivity contribution in [2.45, 2.75) is 72.6 Å². The number of pyridine rings is 1. The summed E-state index contributed by atoms with van der Waals surface area (Å²) in [5, 5.41) is 0. The van der Waals surface area contributed by atoms with Crippen LogP contribution in [-0.4, -0.2) is 11.6 Å². The molecule has 0 amide bonds. The van der Waals surface area contributed by atoms with Crippen LogP contribution in [0.1, 0.15) is 78.2 Å². The molecule has 0 N–H and O–H groups in total. The predicted octanol–water partition coefficient (Wildman–Crippen LogP) is 7.49. The maximum atomic E-state index is 13.9. The second kappa shape index (κ2) is 7.60. The van der Waals surface area contributed by atoms with Crippen LogP contribution in [0.4, 0.5) is 4.39 Å². The first kappa shape index (κ1) is 21.0. The van der Waals surface area contributed by atoms with Gasteiger partial charge in [-0.05, 0) is 103 Å². The highest BCUT2D eigenvalue weighted by molar-refractivity contribution is 5.72. The molecule has 4 aliphatic carbocycles. The Morgan fingerprint density at radius 1 is 1.13 bits per heavy atom. The molecule has 0 radical (unpaired) electrons. The zero-order valence-corrected chi connectivity index (χ0v) is 19.5. The Balaban J connectivity index is 1.51. The largest absolute Gasteiger partial charge is 0.498 e. The molecule has 5 rings (SSSR count). The summed E-state index contributed by atoms with van der Waals surface area (Å²) in [5.41, 5.74) is 5.95. The molecule has 0 spiro atoms. The minimum absolute atomic E-state index is 0.129. The summed E-state index contributed by atoms with van der Waals surface area (Å²) in [5.74, 6) is 3.03. The van der Waals surface area contributed by atoms with Crippen molar-refractivity contribution in [3.63, 3.8) is 0 Å². The summed E-state index contributed by atoms with van der Waals surface area (Å²) in [7, 11) is 0. The molecule has 5 atom stereocenters. The van der Waals surface area contributed by atoms with Gasteiger partial charge in [-0.3, -0.25) is 4.98 Å². The quantitative estimate of drug-likeness (QED) is 0.502. The van der Waals surface area contributed by atoms with Crippen molar-refractivity contribution in [2.24, 2.45) is 28.6 Å². The van der Waals surface area contributed by atoms with Gasteiger partial charge in [-0.2, -0.15) is 0 Å². The maximum Gasteiger partial charge on any atom is 0.142 e. The zero-order chi connectivity index (χ0) is 21.8. The number of aromatic nitrogens is 1. The zero-order valence-electron chi connectivity index (χ0n) is 19.5. The van der Waals surface area contributed by atoms with E-state index in [9.17, 15) is 4.39 Å². The molecule has 0 aliphatic heterocycles. The van der Waals surface area contributed by atoms with Crippen molar-refractivity contribution < 1.29 is 9.13 Å². The lowest BCUT2D eigenvalue weighted by Gasteiger charge is -2.58. The Bertz CT molecular complexity index is 975. The average molecular weight is 422 g/mol. The molecule has 1 aromatic rings. The molecular formula is C28H36FNO. The molecule has 1 fully saturated rings. The van der Waals surface area contributed by atoms with Crippen LogP contribution in [0.25, 0.3) is 5.57 Å². The van der Waals surface area contributed by atoms with Gasteiger partial charge in [0, 0.05) is 12.6 Å². The standard InChI is InChI=1S/C28H36FNO/c1-5-18-14-22-24-8-7-23(19-13-20(29)17-30-16-19)27(24,3)12-10-25(22)28(4)11-9-21(31-6-2)15-26(18)28/h7,13,15-17,22,24-25H,5-6,8-12,14H2,1-4H3. The van der Waals surface area contributed by atoms with Gasteiger partial charge < -0.3 is 4.74 Å². The van der Waals surface area contributed by atoms with Gasteiger partial charge in [-0.1, -0.05) is 32.4 Å². The molecule has 2 nitrogen and oxygen atoms in total. The van der Waals surface area contributed by atoms with Crippen molar-refractivity contribution >= 4 is 5.57 Å². The first-order valence-electron chi connectivity index (χ1n) is 12.3. The van der Waals surface area contributed by atoms with E-state index >= 15 is 0 Å². The minimum atomic E-state index is -0.232. The van der Waals surface area contributed by atoms with Crippen LogP contribution in [0.3, 0.4) is 0 Å². The first-order chi connectivity index (χ1) is 14.9. The van der Waals surface area contributed by atoms with E-state index in [0.29, 0.717) is 11.8 Å². The predicted molar refractivity (Wildman–Crippen MR) is 124 cm³/mol. The van der Waals surface area contributed by atoms with Gasteiger partial charge in [0.25, 0.3) is 0 Å². The average Bonchev–Trinajstić information content (AvgIpc) is 3.11. The van der Waals surface area contributed by atoms with E-state index in [1.165, 1.54) is 43.2 Å². The normalized spacial score (nSPS) is 36.9. The van der Waals surface area contributed by atoms with Crippen LogP contribution in [0.15, 0.2) is 47.5 Å². The van der Waals surface area contributed by atoms with Crippen LogP contribution < -0.4 is 0 Å². The highest BCUT2D eigenvalue weighted by Crippen LogP contribution is 2.67. The summed E-state index contributed by atoms with van der Waals surface area (Å²) >= 11 is 0. The van der Waals surface area contributed by atoms with E-state index in [0.717, 1.165) is 37.4 Å². The number of allylic oxidation sites excluding steroid dienone is 6. The Labute approximate surface area is 186 Å². The van der Waals surface area contributed by atoms with Gasteiger partial charge in [0.15, 0.2) is 0 Å². The molecular weight excluding hydrogens is 385 g/mol. The molecule has 1 saturated carbocycles.